The molecule has 2 atom stereocenters. The lowest BCUT2D eigenvalue weighted by molar-refractivity contribution is -0.138. The van der Waals surface area contributed by atoms with Crippen molar-refractivity contribution in [2.24, 2.45) is 5.41 Å². The van der Waals surface area contributed by atoms with Gasteiger partial charge in [0.1, 0.15) is 23.9 Å². The number of likely N-dealkylation sites (tertiary alicyclic amines) is 1. The van der Waals surface area contributed by atoms with Crippen LogP contribution in [0.2, 0.25) is 0 Å². The number of anilines is 4. The number of ether oxygens (including phenoxy) is 2. The molecule has 0 radical (unpaired) electrons. The van der Waals surface area contributed by atoms with Crippen LogP contribution in [0.5, 0.6) is 5.75 Å². The Bertz CT molecular complexity index is 1570. The van der Waals surface area contributed by atoms with E-state index >= 15 is 0 Å². The number of hydrogen-bond donors (Lipinski definition) is 4. The number of rotatable bonds is 12. The number of amides is 3. The molecule has 4 N–H and O–H groups in total. The first kappa shape index (κ1) is 33.9. The molecule has 13 nitrogen and oxygen atoms in total. The fourth-order valence-electron chi connectivity index (χ4n) is 5.90. The number of benzene rings is 2. The first-order valence-corrected chi connectivity index (χ1v) is 16.2. The minimum atomic E-state index is -0.618. The van der Waals surface area contributed by atoms with E-state index in [1.807, 2.05) is 26.0 Å². The Kier molecular flexibility index (Phi) is 10.8. The molecule has 2 aromatic carbocycles. The van der Waals surface area contributed by atoms with E-state index in [1.54, 1.807) is 31.0 Å². The number of fused-ring (bicyclic) bond motifs is 1. The number of hydrogen-bond acceptors (Lipinski definition) is 10. The van der Waals surface area contributed by atoms with Crippen LogP contribution in [0.25, 0.3) is 10.9 Å². The van der Waals surface area contributed by atoms with Gasteiger partial charge in [0.25, 0.3) is 0 Å². The third-order valence-electron chi connectivity index (χ3n) is 8.79. The SMILES string of the molecule is CN[C@@H](C)C(=O)NCC(C)(C)CC(=O)N1CCC[C@H]1C(=O)Nc1cc2c(Nc3ccc(N4CCOCC4)cc3)ncnc2cc1OC. The Balaban J connectivity index is 1.28. The standard InChI is InChI=1S/C34H46N8O5/c1-22(35-4)32(44)36-20-34(2,3)19-30(43)42-12-6-7-28(42)33(45)40-27-17-25-26(18-29(27)46-5)37-21-38-31(25)39-23-8-10-24(11-9-23)41-13-15-47-16-14-41/h8-11,17-18,21-22,28,35H,6-7,12-16,19-20H2,1-5H3,(H,36,44)(H,40,45)(H,37,38,39)/t22-,28-/m0/s1. The lowest BCUT2D eigenvalue weighted by Crippen LogP contribution is -2.47. The lowest BCUT2D eigenvalue weighted by atomic mass is 9.88. The number of nitrogens with one attached hydrogen (secondary N) is 4. The quantitative estimate of drug-likeness (QED) is 0.231. The van der Waals surface area contributed by atoms with Crippen LogP contribution in [0.15, 0.2) is 42.7 Å². The smallest absolute Gasteiger partial charge is 0.247 e. The molecule has 2 aliphatic heterocycles. The second kappa shape index (κ2) is 14.9. The highest BCUT2D eigenvalue weighted by molar-refractivity contribution is 6.02. The van der Waals surface area contributed by atoms with Crippen molar-refractivity contribution in [3.63, 3.8) is 0 Å². The van der Waals surface area contributed by atoms with Gasteiger partial charge in [-0.25, -0.2) is 9.97 Å². The molecule has 3 heterocycles. The third kappa shape index (κ3) is 8.27. The number of carbonyl (C=O) groups excluding carboxylic acids is 3. The zero-order chi connectivity index (χ0) is 33.6. The van der Waals surface area contributed by atoms with Crippen LogP contribution in [0.4, 0.5) is 22.9 Å². The van der Waals surface area contributed by atoms with Crippen molar-refractivity contribution in [2.45, 2.75) is 52.1 Å². The molecule has 0 spiro atoms. The van der Waals surface area contributed by atoms with Crippen LogP contribution in [0, 0.1) is 5.41 Å². The molecule has 0 unspecified atom stereocenters. The molecule has 47 heavy (non-hydrogen) atoms. The summed E-state index contributed by atoms with van der Waals surface area (Å²) in [6.07, 6.45) is 2.97. The average molecular weight is 647 g/mol. The van der Waals surface area contributed by atoms with Crippen molar-refractivity contribution in [1.29, 1.82) is 0 Å². The Morgan fingerprint density at radius 2 is 1.83 bits per heavy atom. The van der Waals surface area contributed by atoms with Gasteiger partial charge in [-0.3, -0.25) is 14.4 Å². The highest BCUT2D eigenvalue weighted by Crippen LogP contribution is 2.34. The number of carbonyl (C=O) groups is 3. The molecule has 3 amide bonds. The van der Waals surface area contributed by atoms with Crippen molar-refractivity contribution >= 4 is 51.5 Å². The third-order valence-corrected chi connectivity index (χ3v) is 8.79. The maximum absolute atomic E-state index is 13.7. The highest BCUT2D eigenvalue weighted by Gasteiger charge is 2.37. The van der Waals surface area contributed by atoms with Gasteiger partial charge in [0.05, 0.1) is 37.6 Å². The lowest BCUT2D eigenvalue weighted by Gasteiger charge is -2.30. The van der Waals surface area contributed by atoms with E-state index in [0.29, 0.717) is 47.7 Å². The van der Waals surface area contributed by atoms with Gasteiger partial charge in [0.15, 0.2) is 0 Å². The average Bonchev–Trinajstić information content (AvgIpc) is 3.58. The fraction of sp³-hybridized carbons (Fsp3) is 0.500. The van der Waals surface area contributed by atoms with Gasteiger partial charge in [-0.15, -0.1) is 0 Å². The normalized spacial score (nSPS) is 17.3. The molecule has 1 aromatic heterocycles. The first-order valence-electron chi connectivity index (χ1n) is 16.2. The van der Waals surface area contributed by atoms with Crippen LogP contribution in [-0.4, -0.2) is 98.2 Å². The second-order valence-electron chi connectivity index (χ2n) is 12.9. The fourth-order valence-corrected chi connectivity index (χ4v) is 5.90. The molecule has 0 aliphatic carbocycles. The molecule has 0 bridgehead atoms. The van der Waals surface area contributed by atoms with Crippen LogP contribution < -0.4 is 30.9 Å². The van der Waals surface area contributed by atoms with Gasteiger partial charge >= 0.3 is 0 Å². The van der Waals surface area contributed by atoms with E-state index < -0.39 is 11.5 Å². The van der Waals surface area contributed by atoms with E-state index in [9.17, 15) is 14.4 Å². The summed E-state index contributed by atoms with van der Waals surface area (Å²) in [5.41, 5.74) is 2.62. The molecule has 2 fully saturated rings. The largest absolute Gasteiger partial charge is 0.494 e. The van der Waals surface area contributed by atoms with Crippen molar-refractivity contribution in [3.05, 3.63) is 42.7 Å². The Morgan fingerprint density at radius 1 is 1.09 bits per heavy atom. The molecule has 2 saturated heterocycles. The summed E-state index contributed by atoms with van der Waals surface area (Å²) < 4.78 is 11.1. The Hall–Kier alpha value is -4.49. The van der Waals surface area contributed by atoms with Gasteiger partial charge in [0.2, 0.25) is 17.7 Å². The van der Waals surface area contributed by atoms with Crippen LogP contribution in [-0.2, 0) is 19.1 Å². The van der Waals surface area contributed by atoms with E-state index in [4.69, 9.17) is 9.47 Å². The molecular weight excluding hydrogens is 600 g/mol. The number of nitrogens with zero attached hydrogens (tertiary/aromatic N) is 4. The van der Waals surface area contributed by atoms with Gasteiger partial charge < -0.3 is 40.5 Å². The molecule has 2 aliphatic rings. The van der Waals surface area contributed by atoms with Crippen molar-refractivity contribution in [1.82, 2.24) is 25.5 Å². The van der Waals surface area contributed by atoms with E-state index in [-0.39, 0.29) is 30.2 Å². The first-order chi connectivity index (χ1) is 22.6. The molecule has 13 heteroatoms. The predicted molar refractivity (Wildman–Crippen MR) is 182 cm³/mol. The summed E-state index contributed by atoms with van der Waals surface area (Å²) in [5.74, 6) is 0.514. The zero-order valence-electron chi connectivity index (χ0n) is 27.9. The predicted octanol–water partition coefficient (Wildman–Crippen LogP) is 3.29. The van der Waals surface area contributed by atoms with Gasteiger partial charge in [-0.1, -0.05) is 13.8 Å². The second-order valence-corrected chi connectivity index (χ2v) is 12.9. The Morgan fingerprint density at radius 3 is 2.53 bits per heavy atom. The van der Waals surface area contributed by atoms with Crippen LogP contribution >= 0.6 is 0 Å². The summed E-state index contributed by atoms with van der Waals surface area (Å²) >= 11 is 0. The van der Waals surface area contributed by atoms with E-state index in [2.05, 4.69) is 48.3 Å². The number of morpholine rings is 1. The molecule has 252 valence electrons. The summed E-state index contributed by atoms with van der Waals surface area (Å²) in [7, 11) is 3.26. The topological polar surface area (TPSA) is 150 Å². The highest BCUT2D eigenvalue weighted by atomic mass is 16.5. The summed E-state index contributed by atoms with van der Waals surface area (Å²) in [6, 6.07) is 10.8. The minimum Gasteiger partial charge on any atom is -0.494 e. The summed E-state index contributed by atoms with van der Waals surface area (Å²) in [6.45, 7) is 9.66. The van der Waals surface area contributed by atoms with Crippen LogP contribution in [0.3, 0.4) is 0 Å². The zero-order valence-corrected chi connectivity index (χ0v) is 27.9. The monoisotopic (exact) mass is 646 g/mol. The molecular formula is C34H46N8O5. The van der Waals surface area contributed by atoms with Gasteiger partial charge in [0, 0.05) is 55.4 Å². The minimum absolute atomic E-state index is 0.117. The Labute approximate surface area is 275 Å². The van der Waals surface area contributed by atoms with Crippen LogP contribution in [0.1, 0.15) is 40.0 Å². The molecule has 3 aromatic rings. The number of aromatic nitrogens is 2. The van der Waals surface area contributed by atoms with Crippen molar-refractivity contribution in [2.75, 3.05) is 69.1 Å². The van der Waals surface area contributed by atoms with Gasteiger partial charge in [-0.2, -0.15) is 0 Å². The number of methoxy groups -OCH3 is 1. The van der Waals surface area contributed by atoms with E-state index in [1.165, 1.54) is 13.4 Å². The van der Waals surface area contributed by atoms with Gasteiger partial charge in [-0.05, 0) is 62.6 Å². The van der Waals surface area contributed by atoms with Crippen molar-refractivity contribution in [3.8, 4) is 5.75 Å². The maximum Gasteiger partial charge on any atom is 0.247 e. The molecule has 0 saturated carbocycles. The maximum atomic E-state index is 13.7. The number of likely N-dealkylation sites (N-methyl/N-ethyl adjacent to an activating group) is 1. The summed E-state index contributed by atoms with van der Waals surface area (Å²) in [4.78, 5) is 52.2. The summed E-state index contributed by atoms with van der Waals surface area (Å²) in [5, 5.41) is 12.9. The van der Waals surface area contributed by atoms with E-state index in [0.717, 1.165) is 44.1 Å². The molecule has 5 rings (SSSR count). The van der Waals surface area contributed by atoms with Crippen molar-refractivity contribution < 1.29 is 23.9 Å².